The van der Waals surface area contributed by atoms with Gasteiger partial charge in [0.05, 0.1) is 11.1 Å². The van der Waals surface area contributed by atoms with Gasteiger partial charge in [-0.05, 0) is 54.4 Å². The number of nitrogens with zero attached hydrogens (tertiary/aromatic N) is 1. The van der Waals surface area contributed by atoms with Gasteiger partial charge in [0, 0.05) is 12.2 Å². The van der Waals surface area contributed by atoms with Crippen LogP contribution in [-0.4, -0.2) is 16.9 Å². The van der Waals surface area contributed by atoms with Crippen molar-refractivity contribution < 1.29 is 31.1 Å². The Labute approximate surface area is 175 Å². The first-order valence-electron chi connectivity index (χ1n) is 9.76. The maximum atomic E-state index is 12.9. The van der Waals surface area contributed by atoms with Crippen molar-refractivity contribution in [3.05, 3.63) is 65.0 Å². The summed E-state index contributed by atoms with van der Waals surface area (Å²) >= 11 is 0. The summed E-state index contributed by atoms with van der Waals surface area (Å²) in [5.74, 6) is -0.521. The first-order chi connectivity index (χ1) is 14.3. The number of rotatable bonds is 5. The minimum absolute atomic E-state index is 0.154. The average Bonchev–Trinajstić information content (AvgIpc) is 2.62. The summed E-state index contributed by atoms with van der Waals surface area (Å²) in [6.45, 7) is 3.93. The van der Waals surface area contributed by atoms with E-state index in [0.29, 0.717) is 30.9 Å². The van der Waals surface area contributed by atoms with Gasteiger partial charge in [0.25, 0.3) is 5.91 Å². The predicted octanol–water partition coefficient (Wildman–Crippen LogP) is 5.90. The van der Waals surface area contributed by atoms with Crippen LogP contribution in [0.5, 0.6) is 0 Å². The van der Waals surface area contributed by atoms with Gasteiger partial charge >= 0.3 is 12.4 Å². The minimum atomic E-state index is -4.56. The van der Waals surface area contributed by atoms with Crippen molar-refractivity contribution in [1.82, 2.24) is 10.3 Å². The van der Waals surface area contributed by atoms with Gasteiger partial charge in [-0.3, -0.25) is 9.78 Å². The summed E-state index contributed by atoms with van der Waals surface area (Å²) < 4.78 is 77.2. The number of amides is 1. The zero-order chi connectivity index (χ0) is 23.0. The summed E-state index contributed by atoms with van der Waals surface area (Å²) in [5, 5.41) is 2.69. The molecule has 1 aliphatic carbocycles. The first-order valence-corrected chi connectivity index (χ1v) is 9.76. The summed E-state index contributed by atoms with van der Waals surface area (Å²) in [6.07, 6.45) is -6.39. The number of halogens is 6. The van der Waals surface area contributed by atoms with E-state index in [0.717, 1.165) is 24.4 Å². The number of hydrogen-bond acceptors (Lipinski definition) is 2. The highest BCUT2D eigenvalue weighted by Gasteiger charge is 2.41. The molecule has 1 aromatic heterocycles. The molecule has 1 aromatic carbocycles. The first kappa shape index (κ1) is 23.1. The van der Waals surface area contributed by atoms with Gasteiger partial charge in [-0.15, -0.1) is 0 Å². The van der Waals surface area contributed by atoms with Crippen molar-refractivity contribution in [2.45, 2.75) is 51.5 Å². The molecule has 3 rings (SSSR count). The number of hydrogen-bond donors (Lipinski definition) is 1. The van der Waals surface area contributed by atoms with Crippen LogP contribution in [0.25, 0.3) is 0 Å². The fourth-order valence-corrected chi connectivity index (χ4v) is 3.89. The largest absolute Gasteiger partial charge is 0.416 e. The molecular weight excluding hydrogens is 422 g/mol. The van der Waals surface area contributed by atoms with Gasteiger partial charge in [0.2, 0.25) is 0 Å². The lowest BCUT2D eigenvalue weighted by Crippen LogP contribution is -2.49. The number of benzene rings is 1. The predicted molar refractivity (Wildman–Crippen MR) is 102 cm³/mol. The Morgan fingerprint density at radius 1 is 1.00 bits per heavy atom. The lowest BCUT2D eigenvalue weighted by molar-refractivity contribution is -0.138. The number of pyridine rings is 1. The standard InChI is InChI=1S/C22H22F6N2O/c1-20(2,12-13-4-3-5-14(8-13)21(23,24)25)16-9-17(10-16)30-19(31)18-11-15(6-7-29-18)22(26,27)28/h3-8,11,16-17H,9-10,12H2,1-2H3,(H,30,31). The highest BCUT2D eigenvalue weighted by molar-refractivity contribution is 5.92. The van der Waals surface area contributed by atoms with Crippen LogP contribution in [0.3, 0.4) is 0 Å². The van der Waals surface area contributed by atoms with E-state index in [4.69, 9.17) is 0 Å². The molecule has 0 atom stereocenters. The van der Waals surface area contributed by atoms with E-state index in [-0.39, 0.29) is 23.1 Å². The van der Waals surface area contributed by atoms with Crippen molar-refractivity contribution in [1.29, 1.82) is 0 Å². The van der Waals surface area contributed by atoms with Crippen LogP contribution in [0.4, 0.5) is 26.3 Å². The molecule has 1 amide bonds. The molecule has 1 N–H and O–H groups in total. The van der Waals surface area contributed by atoms with Crippen LogP contribution >= 0.6 is 0 Å². The molecule has 1 saturated carbocycles. The van der Waals surface area contributed by atoms with E-state index in [9.17, 15) is 31.1 Å². The van der Waals surface area contributed by atoms with Crippen LogP contribution in [-0.2, 0) is 18.8 Å². The molecule has 1 heterocycles. The van der Waals surface area contributed by atoms with E-state index in [1.807, 2.05) is 13.8 Å². The van der Waals surface area contributed by atoms with Gasteiger partial charge in [-0.25, -0.2) is 0 Å². The third-order valence-electron chi connectivity index (χ3n) is 5.81. The number of nitrogens with one attached hydrogen (secondary N) is 1. The average molecular weight is 444 g/mol. The summed E-state index contributed by atoms with van der Waals surface area (Å²) in [7, 11) is 0. The van der Waals surface area contributed by atoms with E-state index >= 15 is 0 Å². The van der Waals surface area contributed by atoms with Crippen molar-refractivity contribution in [3.63, 3.8) is 0 Å². The molecule has 168 valence electrons. The zero-order valence-corrected chi connectivity index (χ0v) is 16.9. The summed E-state index contributed by atoms with van der Waals surface area (Å²) in [6, 6.07) is 6.53. The Bertz CT molecular complexity index is 946. The smallest absolute Gasteiger partial charge is 0.348 e. The number of carbonyl (C=O) groups is 1. The van der Waals surface area contributed by atoms with Gasteiger partial charge in [0.1, 0.15) is 5.69 Å². The molecule has 0 saturated heterocycles. The topological polar surface area (TPSA) is 42.0 Å². The van der Waals surface area contributed by atoms with Crippen molar-refractivity contribution in [2.75, 3.05) is 0 Å². The van der Waals surface area contributed by atoms with E-state index < -0.39 is 29.4 Å². The molecule has 0 radical (unpaired) electrons. The highest BCUT2D eigenvalue weighted by atomic mass is 19.4. The minimum Gasteiger partial charge on any atom is -0.348 e. The molecule has 1 aliphatic rings. The summed E-state index contributed by atoms with van der Waals surface area (Å²) in [4.78, 5) is 16.0. The second-order valence-corrected chi connectivity index (χ2v) is 8.63. The van der Waals surface area contributed by atoms with Crippen molar-refractivity contribution in [2.24, 2.45) is 11.3 Å². The molecule has 9 heteroatoms. The van der Waals surface area contributed by atoms with Crippen LogP contribution in [0.2, 0.25) is 0 Å². The maximum absolute atomic E-state index is 12.9. The van der Waals surface area contributed by atoms with Crippen molar-refractivity contribution in [3.8, 4) is 0 Å². The van der Waals surface area contributed by atoms with Crippen LogP contribution in [0.1, 0.15) is 53.9 Å². The van der Waals surface area contributed by atoms with Gasteiger partial charge in [-0.1, -0.05) is 32.0 Å². The third kappa shape index (κ3) is 5.57. The van der Waals surface area contributed by atoms with E-state index in [2.05, 4.69) is 10.3 Å². The molecule has 0 aliphatic heterocycles. The fourth-order valence-electron chi connectivity index (χ4n) is 3.89. The molecule has 0 bridgehead atoms. The fraction of sp³-hybridized carbons (Fsp3) is 0.455. The van der Waals surface area contributed by atoms with Crippen molar-refractivity contribution >= 4 is 5.91 Å². The third-order valence-corrected chi connectivity index (χ3v) is 5.81. The molecule has 3 nitrogen and oxygen atoms in total. The molecular formula is C22H22F6N2O. The second-order valence-electron chi connectivity index (χ2n) is 8.63. The van der Waals surface area contributed by atoms with Crippen LogP contribution in [0.15, 0.2) is 42.6 Å². The van der Waals surface area contributed by atoms with Gasteiger partial charge in [0.15, 0.2) is 0 Å². The number of aromatic nitrogens is 1. The number of carbonyl (C=O) groups excluding carboxylic acids is 1. The van der Waals surface area contributed by atoms with Crippen LogP contribution < -0.4 is 5.32 Å². The Morgan fingerprint density at radius 3 is 2.23 bits per heavy atom. The maximum Gasteiger partial charge on any atom is 0.416 e. The normalized spacial score (nSPS) is 19.6. The monoisotopic (exact) mass is 444 g/mol. The second kappa shape index (κ2) is 8.16. The zero-order valence-electron chi connectivity index (χ0n) is 16.9. The molecule has 2 aromatic rings. The lowest BCUT2D eigenvalue weighted by atomic mass is 9.62. The molecule has 1 fully saturated rings. The SMILES string of the molecule is CC(C)(Cc1cccc(C(F)(F)F)c1)C1CC(NC(=O)c2cc(C(F)(F)F)ccn2)C1. The van der Waals surface area contributed by atoms with E-state index in [1.54, 1.807) is 6.07 Å². The van der Waals surface area contributed by atoms with Gasteiger partial charge in [-0.2, -0.15) is 26.3 Å². The lowest BCUT2D eigenvalue weighted by Gasteiger charge is -2.46. The Balaban J connectivity index is 1.57. The molecule has 31 heavy (non-hydrogen) atoms. The molecule has 0 unspecified atom stereocenters. The Morgan fingerprint density at radius 2 is 1.61 bits per heavy atom. The Kier molecular flexibility index (Phi) is 6.08. The van der Waals surface area contributed by atoms with E-state index in [1.165, 1.54) is 6.07 Å². The summed E-state index contributed by atoms with van der Waals surface area (Å²) in [5.41, 5.74) is -1.66. The highest BCUT2D eigenvalue weighted by Crippen LogP contribution is 2.44. The van der Waals surface area contributed by atoms with Gasteiger partial charge < -0.3 is 5.32 Å². The van der Waals surface area contributed by atoms with Crippen LogP contribution in [0, 0.1) is 11.3 Å². The molecule has 0 spiro atoms. The number of alkyl halides is 6. The Hall–Kier alpha value is -2.58. The quantitative estimate of drug-likeness (QED) is 0.584.